The van der Waals surface area contributed by atoms with Crippen molar-refractivity contribution in [3.8, 4) is 0 Å². The van der Waals surface area contributed by atoms with Gasteiger partial charge in [0.2, 0.25) is 0 Å². The summed E-state index contributed by atoms with van der Waals surface area (Å²) in [5.41, 5.74) is 1.46. The number of hydrogen-bond acceptors (Lipinski definition) is 3. The van der Waals surface area contributed by atoms with E-state index in [1.807, 2.05) is 13.8 Å². The molecular formula is C14H18ClN3O2S. The number of hydrogen-bond donors (Lipinski definition) is 1. The van der Waals surface area contributed by atoms with Crippen LogP contribution in [0.25, 0.3) is 0 Å². The molecule has 0 aliphatic heterocycles. The number of nitrogens with zero attached hydrogens (tertiary/aromatic N) is 2. The van der Waals surface area contributed by atoms with Crippen molar-refractivity contribution in [2.45, 2.75) is 31.2 Å². The Morgan fingerprint density at radius 3 is 2.48 bits per heavy atom. The van der Waals surface area contributed by atoms with E-state index < -0.39 is 10.0 Å². The van der Waals surface area contributed by atoms with Crippen molar-refractivity contribution < 1.29 is 8.42 Å². The number of benzene rings is 1. The molecule has 7 heteroatoms. The molecule has 0 saturated carbocycles. The molecule has 0 radical (unpaired) electrons. The lowest BCUT2D eigenvalue weighted by atomic mass is 10.2. The number of rotatable bonds is 6. The van der Waals surface area contributed by atoms with Crippen LogP contribution in [0.4, 0.5) is 5.69 Å². The molecule has 0 atom stereocenters. The van der Waals surface area contributed by atoms with E-state index in [4.69, 9.17) is 11.6 Å². The minimum absolute atomic E-state index is 0.179. The van der Waals surface area contributed by atoms with E-state index in [-0.39, 0.29) is 10.9 Å². The van der Waals surface area contributed by atoms with Crippen LogP contribution in [0.15, 0.2) is 41.6 Å². The average molecular weight is 328 g/mol. The number of nitrogens with one attached hydrogen (secondary N) is 1. The van der Waals surface area contributed by atoms with Gasteiger partial charge in [0, 0.05) is 18.1 Å². The van der Waals surface area contributed by atoms with E-state index in [9.17, 15) is 8.42 Å². The summed E-state index contributed by atoms with van der Waals surface area (Å²) in [7, 11) is -3.59. The fourth-order valence-corrected chi connectivity index (χ4v) is 3.08. The lowest BCUT2D eigenvalue weighted by Crippen LogP contribution is -2.12. The SMILES string of the molecule is CC(C)n1cc(NS(=O)(=O)c2ccc(CCCl)cc2)cn1. The molecule has 21 heavy (non-hydrogen) atoms. The summed E-state index contributed by atoms with van der Waals surface area (Å²) in [6.07, 6.45) is 3.89. The molecule has 1 N–H and O–H groups in total. The molecule has 5 nitrogen and oxygen atoms in total. The van der Waals surface area contributed by atoms with Gasteiger partial charge in [-0.25, -0.2) is 8.42 Å². The van der Waals surface area contributed by atoms with Gasteiger partial charge in [0.15, 0.2) is 0 Å². The van der Waals surface area contributed by atoms with Crippen LogP contribution in [-0.4, -0.2) is 24.1 Å². The van der Waals surface area contributed by atoms with E-state index in [0.717, 1.165) is 12.0 Å². The highest BCUT2D eigenvalue weighted by atomic mass is 35.5. The highest BCUT2D eigenvalue weighted by Crippen LogP contribution is 2.17. The Bertz CT molecular complexity index is 693. The fraction of sp³-hybridized carbons (Fsp3) is 0.357. The molecule has 0 saturated heterocycles. The monoisotopic (exact) mass is 327 g/mol. The zero-order valence-electron chi connectivity index (χ0n) is 12.0. The smallest absolute Gasteiger partial charge is 0.261 e. The Kier molecular flexibility index (Phi) is 4.90. The molecule has 0 fully saturated rings. The molecule has 0 aliphatic carbocycles. The van der Waals surface area contributed by atoms with Gasteiger partial charge in [-0.15, -0.1) is 11.6 Å². The molecule has 1 heterocycles. The number of alkyl halides is 1. The fourth-order valence-electron chi connectivity index (χ4n) is 1.83. The van der Waals surface area contributed by atoms with Crippen LogP contribution in [0.2, 0.25) is 0 Å². The van der Waals surface area contributed by atoms with E-state index in [1.54, 1.807) is 35.1 Å². The third kappa shape index (κ3) is 3.98. The predicted octanol–water partition coefficient (Wildman–Crippen LogP) is 3.05. The highest BCUT2D eigenvalue weighted by Gasteiger charge is 2.15. The van der Waals surface area contributed by atoms with E-state index >= 15 is 0 Å². The maximum absolute atomic E-state index is 12.3. The van der Waals surface area contributed by atoms with Crippen LogP contribution in [-0.2, 0) is 16.4 Å². The molecule has 2 rings (SSSR count). The standard InChI is InChI=1S/C14H18ClN3O2S/c1-11(2)18-10-13(9-16-18)17-21(19,20)14-5-3-12(4-6-14)7-8-15/h3-6,9-11,17H,7-8H2,1-2H3. The van der Waals surface area contributed by atoms with Gasteiger partial charge >= 0.3 is 0 Å². The van der Waals surface area contributed by atoms with Gasteiger partial charge in [-0.3, -0.25) is 9.40 Å². The average Bonchev–Trinajstić information content (AvgIpc) is 2.88. The van der Waals surface area contributed by atoms with Crippen molar-refractivity contribution in [1.29, 1.82) is 0 Å². The summed E-state index contributed by atoms with van der Waals surface area (Å²) in [6.45, 7) is 3.95. The molecule has 2 aromatic rings. The third-order valence-electron chi connectivity index (χ3n) is 3.00. The molecule has 0 aliphatic rings. The lowest BCUT2D eigenvalue weighted by Gasteiger charge is -2.07. The van der Waals surface area contributed by atoms with Crippen LogP contribution < -0.4 is 4.72 Å². The summed E-state index contributed by atoms with van der Waals surface area (Å²) in [4.78, 5) is 0.220. The Morgan fingerprint density at radius 2 is 1.95 bits per heavy atom. The molecule has 0 unspecified atom stereocenters. The van der Waals surface area contributed by atoms with Gasteiger partial charge in [-0.05, 0) is 38.0 Å². The minimum Gasteiger partial charge on any atom is -0.276 e. The van der Waals surface area contributed by atoms with E-state index in [2.05, 4.69) is 9.82 Å². The van der Waals surface area contributed by atoms with Gasteiger partial charge in [0.05, 0.1) is 16.8 Å². The number of aryl methyl sites for hydroxylation is 1. The maximum Gasteiger partial charge on any atom is 0.261 e. The van der Waals surface area contributed by atoms with Gasteiger partial charge in [-0.1, -0.05) is 12.1 Å². The Morgan fingerprint density at radius 1 is 1.29 bits per heavy atom. The number of anilines is 1. The zero-order valence-corrected chi connectivity index (χ0v) is 13.5. The van der Waals surface area contributed by atoms with Crippen LogP contribution >= 0.6 is 11.6 Å². The predicted molar refractivity (Wildman–Crippen MR) is 84.3 cm³/mol. The second-order valence-corrected chi connectivity index (χ2v) is 7.05. The Balaban J connectivity index is 2.17. The first kappa shape index (κ1) is 15.9. The molecular weight excluding hydrogens is 310 g/mol. The van der Waals surface area contributed by atoms with Crippen LogP contribution in [0.5, 0.6) is 0 Å². The van der Waals surface area contributed by atoms with Gasteiger partial charge < -0.3 is 0 Å². The zero-order chi connectivity index (χ0) is 15.5. The third-order valence-corrected chi connectivity index (χ3v) is 4.59. The van der Waals surface area contributed by atoms with E-state index in [1.165, 1.54) is 6.20 Å². The summed E-state index contributed by atoms with van der Waals surface area (Å²) in [5.74, 6) is 0.513. The van der Waals surface area contributed by atoms with Crippen LogP contribution in [0, 0.1) is 0 Å². The van der Waals surface area contributed by atoms with Crippen LogP contribution in [0.3, 0.4) is 0 Å². The lowest BCUT2D eigenvalue weighted by molar-refractivity contribution is 0.532. The van der Waals surface area contributed by atoms with Crippen molar-refractivity contribution >= 4 is 27.3 Å². The molecule has 1 aromatic heterocycles. The van der Waals surface area contributed by atoms with Gasteiger partial charge in [-0.2, -0.15) is 5.10 Å². The minimum atomic E-state index is -3.59. The van der Waals surface area contributed by atoms with Gasteiger partial charge in [0.1, 0.15) is 0 Å². The summed E-state index contributed by atoms with van der Waals surface area (Å²) < 4.78 is 28.8. The van der Waals surface area contributed by atoms with Crippen molar-refractivity contribution in [3.05, 3.63) is 42.2 Å². The van der Waals surface area contributed by atoms with Crippen molar-refractivity contribution in [2.75, 3.05) is 10.6 Å². The largest absolute Gasteiger partial charge is 0.276 e. The quantitative estimate of drug-likeness (QED) is 0.829. The van der Waals surface area contributed by atoms with Crippen LogP contribution in [0.1, 0.15) is 25.5 Å². The first-order valence-electron chi connectivity index (χ1n) is 6.64. The number of sulfonamides is 1. The van der Waals surface area contributed by atoms with Crippen molar-refractivity contribution in [3.63, 3.8) is 0 Å². The molecule has 0 spiro atoms. The molecule has 114 valence electrons. The molecule has 0 bridgehead atoms. The summed E-state index contributed by atoms with van der Waals surface area (Å²) >= 11 is 5.66. The second-order valence-electron chi connectivity index (χ2n) is 4.99. The Hall–Kier alpha value is -1.53. The first-order valence-corrected chi connectivity index (χ1v) is 8.66. The molecule has 1 aromatic carbocycles. The second kappa shape index (κ2) is 6.49. The Labute approximate surface area is 130 Å². The maximum atomic E-state index is 12.3. The topological polar surface area (TPSA) is 64.0 Å². The van der Waals surface area contributed by atoms with Gasteiger partial charge in [0.25, 0.3) is 10.0 Å². The number of aromatic nitrogens is 2. The van der Waals surface area contributed by atoms with Crippen molar-refractivity contribution in [1.82, 2.24) is 9.78 Å². The number of halogens is 1. The summed E-state index contributed by atoms with van der Waals surface area (Å²) in [6, 6.07) is 6.88. The van der Waals surface area contributed by atoms with E-state index in [0.29, 0.717) is 11.6 Å². The molecule has 0 amide bonds. The highest BCUT2D eigenvalue weighted by molar-refractivity contribution is 7.92. The first-order chi connectivity index (χ1) is 9.92. The normalized spacial score (nSPS) is 11.8. The van der Waals surface area contributed by atoms with Crippen molar-refractivity contribution in [2.24, 2.45) is 0 Å². The summed E-state index contributed by atoms with van der Waals surface area (Å²) in [5, 5.41) is 4.11.